The van der Waals surface area contributed by atoms with Crippen molar-refractivity contribution in [3.63, 3.8) is 0 Å². The summed E-state index contributed by atoms with van der Waals surface area (Å²) in [6.45, 7) is 13.6. The van der Waals surface area contributed by atoms with Crippen LogP contribution in [0.4, 0.5) is 0 Å². The number of aliphatic hydroxyl groups excluding tert-OH is 3. The summed E-state index contributed by atoms with van der Waals surface area (Å²) in [5.74, 6) is -1.75. The average Bonchev–Trinajstić information content (AvgIpc) is 3.50. The number of rotatable bonds is 8. The van der Waals surface area contributed by atoms with Crippen molar-refractivity contribution in [2.24, 2.45) is 0 Å². The highest BCUT2D eigenvalue weighted by Gasteiger charge is 2.61. The van der Waals surface area contributed by atoms with Crippen LogP contribution in [0.2, 0.25) is 5.04 Å². The zero-order valence-electron chi connectivity index (χ0n) is 27.6. The maximum Gasteiger partial charge on any atom is 0.261 e. The highest BCUT2D eigenvalue weighted by Crippen LogP contribution is 2.44. The van der Waals surface area contributed by atoms with Crippen molar-refractivity contribution >= 4 is 18.7 Å². The van der Waals surface area contributed by atoms with E-state index in [1.807, 2.05) is 64.1 Å². The van der Waals surface area contributed by atoms with Crippen molar-refractivity contribution in [3.8, 4) is 0 Å². The first kappa shape index (κ1) is 34.1. The second kappa shape index (κ2) is 12.6. The number of aliphatic hydroxyl groups is 3. The Hall–Kier alpha value is -1.78. The molecule has 0 unspecified atom stereocenters. The Morgan fingerprint density at radius 2 is 1.20 bits per heavy atom. The maximum atomic E-state index is 11.1. The molecule has 6 rings (SSSR count). The number of hydrogen-bond donors (Lipinski definition) is 3. The van der Waals surface area contributed by atoms with Crippen LogP contribution in [0.5, 0.6) is 0 Å². The van der Waals surface area contributed by atoms with Crippen LogP contribution < -0.4 is 10.4 Å². The summed E-state index contributed by atoms with van der Waals surface area (Å²) in [5.41, 5.74) is 0. The van der Waals surface area contributed by atoms with E-state index < -0.39 is 81.3 Å². The van der Waals surface area contributed by atoms with Crippen LogP contribution in [0, 0.1) is 0 Å². The van der Waals surface area contributed by atoms with Crippen molar-refractivity contribution in [1.29, 1.82) is 0 Å². The lowest BCUT2D eigenvalue weighted by Gasteiger charge is -2.46. The summed E-state index contributed by atoms with van der Waals surface area (Å²) >= 11 is 0. The van der Waals surface area contributed by atoms with E-state index in [-0.39, 0.29) is 18.3 Å². The molecule has 4 aliphatic heterocycles. The molecular weight excluding hydrogens is 612 g/mol. The van der Waals surface area contributed by atoms with Gasteiger partial charge in [0.2, 0.25) is 0 Å². The van der Waals surface area contributed by atoms with Crippen LogP contribution in [0.3, 0.4) is 0 Å². The van der Waals surface area contributed by atoms with Gasteiger partial charge in [0, 0.05) is 0 Å². The Morgan fingerprint density at radius 3 is 1.78 bits per heavy atom. The number of ether oxygens (including phenoxy) is 7. The minimum absolute atomic E-state index is 0.0438. The third-order valence-electron chi connectivity index (χ3n) is 9.23. The van der Waals surface area contributed by atoms with Crippen molar-refractivity contribution in [2.45, 2.75) is 126 Å². The fourth-order valence-electron chi connectivity index (χ4n) is 7.18. The molecule has 4 saturated heterocycles. The molecule has 12 heteroatoms. The van der Waals surface area contributed by atoms with Gasteiger partial charge in [0.15, 0.2) is 24.2 Å². The molecule has 46 heavy (non-hydrogen) atoms. The molecule has 2 aromatic rings. The molecule has 0 saturated carbocycles. The Morgan fingerprint density at radius 1 is 0.652 bits per heavy atom. The summed E-state index contributed by atoms with van der Waals surface area (Å²) in [5, 5.41) is 34.7. The monoisotopic (exact) mass is 660 g/mol. The maximum absolute atomic E-state index is 11.1. The summed E-state index contributed by atoms with van der Waals surface area (Å²) < 4.78 is 49.9. The first-order chi connectivity index (χ1) is 21.6. The molecule has 0 spiro atoms. The van der Waals surface area contributed by atoms with E-state index >= 15 is 0 Å². The van der Waals surface area contributed by atoms with E-state index in [1.165, 1.54) is 0 Å². The van der Waals surface area contributed by atoms with Crippen LogP contribution >= 0.6 is 0 Å². The third-order valence-corrected chi connectivity index (χ3v) is 14.2. The lowest BCUT2D eigenvalue weighted by molar-refractivity contribution is -0.315. The fourth-order valence-corrected chi connectivity index (χ4v) is 11.7. The van der Waals surface area contributed by atoms with Gasteiger partial charge in [0.05, 0.1) is 13.2 Å². The van der Waals surface area contributed by atoms with Crippen LogP contribution in [0.1, 0.15) is 48.5 Å². The zero-order chi connectivity index (χ0) is 33.1. The van der Waals surface area contributed by atoms with Gasteiger partial charge in [-0.25, -0.2) is 0 Å². The number of benzene rings is 2. The van der Waals surface area contributed by atoms with Crippen LogP contribution in [-0.2, 0) is 37.6 Å². The SMILES string of the molecule is CC1(C)O[C@H]2[C@@H](O1)[C@@H](CO[C@@H]1O[C@H](CO[Si](c3ccccc3)(c3ccccc3)C(C)(C)C)[C@H](O)[C@H](O)[C@H]1O)O[C@@H]1OC(C)(C)O[C@@H]12. The molecule has 0 aliphatic carbocycles. The van der Waals surface area contributed by atoms with Gasteiger partial charge >= 0.3 is 0 Å². The van der Waals surface area contributed by atoms with Crippen molar-refractivity contribution in [3.05, 3.63) is 60.7 Å². The van der Waals surface area contributed by atoms with E-state index in [2.05, 4.69) is 45.0 Å². The molecule has 4 fully saturated rings. The lowest BCUT2D eigenvalue weighted by atomic mass is 9.98. The summed E-state index contributed by atoms with van der Waals surface area (Å²) in [4.78, 5) is 0. The Bertz CT molecular complexity index is 1280. The van der Waals surface area contributed by atoms with Crippen LogP contribution in [0.15, 0.2) is 60.7 Å². The molecule has 0 bridgehead atoms. The minimum atomic E-state index is -2.97. The summed E-state index contributed by atoms with van der Waals surface area (Å²) in [6.07, 6.45) is -9.61. The first-order valence-electron chi connectivity index (χ1n) is 16.0. The normalized spacial score (nSPS) is 37.1. The minimum Gasteiger partial charge on any atom is -0.405 e. The van der Waals surface area contributed by atoms with E-state index in [4.69, 9.17) is 37.6 Å². The summed E-state index contributed by atoms with van der Waals surface area (Å²) in [6, 6.07) is 20.2. The highest BCUT2D eigenvalue weighted by molar-refractivity contribution is 6.99. The smallest absolute Gasteiger partial charge is 0.261 e. The molecule has 10 atom stereocenters. The van der Waals surface area contributed by atoms with Crippen molar-refractivity contribution in [2.75, 3.05) is 13.2 Å². The molecule has 0 aromatic heterocycles. The van der Waals surface area contributed by atoms with Gasteiger partial charge < -0.3 is 52.9 Å². The molecule has 254 valence electrons. The average molecular weight is 661 g/mol. The summed E-state index contributed by atoms with van der Waals surface area (Å²) in [7, 11) is -2.97. The lowest BCUT2D eigenvalue weighted by Crippen LogP contribution is -2.68. The molecule has 4 heterocycles. The molecule has 11 nitrogen and oxygen atoms in total. The highest BCUT2D eigenvalue weighted by atomic mass is 28.4. The number of fused-ring (bicyclic) bond motifs is 3. The van der Waals surface area contributed by atoms with E-state index in [1.54, 1.807) is 0 Å². The van der Waals surface area contributed by atoms with Crippen LogP contribution in [0.25, 0.3) is 0 Å². The van der Waals surface area contributed by atoms with Gasteiger partial charge in [-0.3, -0.25) is 0 Å². The van der Waals surface area contributed by atoms with Gasteiger partial charge in [-0.2, -0.15) is 0 Å². The quantitative estimate of drug-likeness (QED) is 0.358. The van der Waals surface area contributed by atoms with Crippen molar-refractivity contribution < 1.29 is 52.9 Å². The molecule has 4 aliphatic rings. The van der Waals surface area contributed by atoms with Gasteiger partial charge in [-0.05, 0) is 43.1 Å². The first-order valence-corrected chi connectivity index (χ1v) is 18.0. The number of hydrogen-bond acceptors (Lipinski definition) is 11. The largest absolute Gasteiger partial charge is 0.405 e. The fraction of sp³-hybridized carbons (Fsp3) is 0.647. The zero-order valence-corrected chi connectivity index (χ0v) is 28.6. The predicted molar refractivity (Wildman–Crippen MR) is 169 cm³/mol. The Kier molecular flexibility index (Phi) is 9.33. The van der Waals surface area contributed by atoms with Crippen LogP contribution in [-0.4, -0.2) is 110 Å². The van der Waals surface area contributed by atoms with Gasteiger partial charge in [0.25, 0.3) is 8.32 Å². The molecule has 0 radical (unpaired) electrons. The molecule has 2 aromatic carbocycles. The van der Waals surface area contributed by atoms with E-state index in [9.17, 15) is 15.3 Å². The van der Waals surface area contributed by atoms with Crippen molar-refractivity contribution in [1.82, 2.24) is 0 Å². The molecule has 3 N–H and O–H groups in total. The predicted octanol–water partition coefficient (Wildman–Crippen LogP) is 1.78. The second-order valence-electron chi connectivity index (χ2n) is 14.5. The standard InChI is InChI=1S/C34H48O11Si/c1-32(2,3)46(20-14-10-8-11-15-20,21-16-12-9-13-17-21)39-19-22-24(35)25(36)26(37)30(40-22)38-18-23-27-28(43-33(4,5)42-27)29-31(41-23)45-34(6,7)44-29/h8-17,22-31,35-37H,18-19H2,1-7H3/t22-,23-,24+,25+,26-,27+,28+,29-,30-,31-/m1/s1. The van der Waals surface area contributed by atoms with E-state index in [0.29, 0.717) is 0 Å². The second-order valence-corrected chi connectivity index (χ2v) is 18.8. The Labute approximate surface area is 271 Å². The van der Waals surface area contributed by atoms with E-state index in [0.717, 1.165) is 10.4 Å². The Balaban J connectivity index is 1.20. The molecular formula is C34H48O11Si. The topological polar surface area (TPSA) is 135 Å². The van der Waals surface area contributed by atoms with Gasteiger partial charge in [-0.15, -0.1) is 0 Å². The molecule has 0 amide bonds. The van der Waals surface area contributed by atoms with Gasteiger partial charge in [0.1, 0.15) is 48.8 Å². The van der Waals surface area contributed by atoms with Gasteiger partial charge in [-0.1, -0.05) is 81.4 Å². The third kappa shape index (κ3) is 6.36.